The zero-order valence-corrected chi connectivity index (χ0v) is 11.9. The molecule has 1 saturated heterocycles. The topological polar surface area (TPSA) is 15.3 Å². The number of hydrogen-bond donors (Lipinski definition) is 1. The molecule has 1 heterocycles. The third-order valence-corrected chi connectivity index (χ3v) is 4.39. The summed E-state index contributed by atoms with van der Waals surface area (Å²) in [5, 5.41) is 3.62. The Bertz CT molecular complexity index is 349. The van der Waals surface area contributed by atoms with Gasteiger partial charge >= 0.3 is 0 Å². The summed E-state index contributed by atoms with van der Waals surface area (Å²) in [7, 11) is 0. The average Bonchev–Trinajstić information content (AvgIpc) is 2.40. The smallest absolute Gasteiger partial charge is 0.0236 e. The van der Waals surface area contributed by atoms with E-state index < -0.39 is 0 Å². The minimum Gasteiger partial charge on any atom is -0.314 e. The molecule has 1 fully saturated rings. The largest absolute Gasteiger partial charge is 0.314 e. The number of piperidine rings is 1. The molecule has 2 rings (SSSR count). The zero-order chi connectivity index (χ0) is 13.0. The van der Waals surface area contributed by atoms with Gasteiger partial charge in [0.05, 0.1) is 0 Å². The van der Waals surface area contributed by atoms with Crippen LogP contribution in [-0.4, -0.2) is 30.1 Å². The van der Waals surface area contributed by atoms with Crippen LogP contribution in [0.5, 0.6) is 0 Å². The number of hydrogen-bond acceptors (Lipinski definition) is 2. The molecular formula is C16H26N2. The number of nitrogens with zero attached hydrogens (tertiary/aromatic N) is 1. The van der Waals surface area contributed by atoms with Gasteiger partial charge in [-0.2, -0.15) is 0 Å². The molecule has 2 heteroatoms. The van der Waals surface area contributed by atoms with Gasteiger partial charge in [-0.15, -0.1) is 0 Å². The molecule has 0 aromatic heterocycles. The van der Waals surface area contributed by atoms with E-state index in [0.29, 0.717) is 12.1 Å². The highest BCUT2D eigenvalue weighted by Gasteiger charge is 2.31. The summed E-state index contributed by atoms with van der Waals surface area (Å²) < 4.78 is 0. The summed E-state index contributed by atoms with van der Waals surface area (Å²) >= 11 is 0. The Hall–Kier alpha value is -0.860. The van der Waals surface area contributed by atoms with Crippen LogP contribution in [0.1, 0.15) is 32.8 Å². The van der Waals surface area contributed by atoms with Gasteiger partial charge in [0.15, 0.2) is 0 Å². The van der Waals surface area contributed by atoms with Crippen molar-refractivity contribution in [2.75, 3.05) is 13.1 Å². The van der Waals surface area contributed by atoms with E-state index >= 15 is 0 Å². The third-order valence-electron chi connectivity index (χ3n) is 4.39. The second-order valence-electron chi connectivity index (χ2n) is 5.51. The van der Waals surface area contributed by atoms with Crippen LogP contribution in [0.15, 0.2) is 30.3 Å². The predicted molar refractivity (Wildman–Crippen MR) is 77.6 cm³/mol. The fourth-order valence-corrected chi connectivity index (χ4v) is 3.03. The lowest BCUT2D eigenvalue weighted by Gasteiger charge is -2.43. The van der Waals surface area contributed by atoms with Crippen molar-refractivity contribution in [1.29, 1.82) is 0 Å². The van der Waals surface area contributed by atoms with Gasteiger partial charge in [-0.1, -0.05) is 44.2 Å². The Morgan fingerprint density at radius 2 is 1.94 bits per heavy atom. The highest BCUT2D eigenvalue weighted by molar-refractivity contribution is 5.14. The predicted octanol–water partition coefficient (Wildman–Crippen LogP) is 2.90. The van der Waals surface area contributed by atoms with Gasteiger partial charge < -0.3 is 5.32 Å². The van der Waals surface area contributed by atoms with Crippen LogP contribution >= 0.6 is 0 Å². The van der Waals surface area contributed by atoms with Crippen LogP contribution in [0.4, 0.5) is 0 Å². The van der Waals surface area contributed by atoms with Crippen LogP contribution in [0, 0.1) is 5.92 Å². The molecule has 1 N–H and O–H groups in total. The first-order chi connectivity index (χ1) is 8.72. The summed E-state index contributed by atoms with van der Waals surface area (Å²) in [6.45, 7) is 10.3. The van der Waals surface area contributed by atoms with Gasteiger partial charge in [0.1, 0.15) is 0 Å². The van der Waals surface area contributed by atoms with Crippen molar-refractivity contribution in [2.24, 2.45) is 5.92 Å². The first-order valence-corrected chi connectivity index (χ1v) is 7.23. The molecule has 2 nitrogen and oxygen atoms in total. The standard InChI is InChI=1S/C16H26N2/c1-4-17-16-10-11-18(14(3)13(16)2)12-15-8-6-5-7-9-15/h5-9,13-14,16-17H,4,10-12H2,1-3H3. The van der Waals surface area contributed by atoms with Gasteiger partial charge in [0.25, 0.3) is 0 Å². The van der Waals surface area contributed by atoms with E-state index in [9.17, 15) is 0 Å². The summed E-state index contributed by atoms with van der Waals surface area (Å²) in [6.07, 6.45) is 1.27. The van der Waals surface area contributed by atoms with Crippen LogP contribution in [0.3, 0.4) is 0 Å². The number of nitrogens with one attached hydrogen (secondary N) is 1. The van der Waals surface area contributed by atoms with E-state index in [4.69, 9.17) is 0 Å². The van der Waals surface area contributed by atoms with Crippen LogP contribution in [0.2, 0.25) is 0 Å². The van der Waals surface area contributed by atoms with E-state index in [1.165, 1.54) is 18.5 Å². The van der Waals surface area contributed by atoms with Crippen LogP contribution in [0.25, 0.3) is 0 Å². The molecule has 0 aliphatic carbocycles. The van der Waals surface area contributed by atoms with E-state index in [1.807, 2.05) is 0 Å². The van der Waals surface area contributed by atoms with Crippen molar-refractivity contribution in [1.82, 2.24) is 10.2 Å². The molecule has 0 saturated carbocycles. The summed E-state index contributed by atoms with van der Waals surface area (Å²) in [5.74, 6) is 0.724. The lowest BCUT2D eigenvalue weighted by molar-refractivity contribution is 0.0790. The van der Waals surface area contributed by atoms with E-state index in [0.717, 1.165) is 19.0 Å². The zero-order valence-electron chi connectivity index (χ0n) is 11.9. The van der Waals surface area contributed by atoms with E-state index in [1.54, 1.807) is 0 Å². The Morgan fingerprint density at radius 3 is 2.61 bits per heavy atom. The molecule has 1 aromatic carbocycles. The quantitative estimate of drug-likeness (QED) is 0.879. The highest BCUT2D eigenvalue weighted by Crippen LogP contribution is 2.25. The molecule has 1 aromatic rings. The lowest BCUT2D eigenvalue weighted by Crippen LogP contribution is -2.52. The second-order valence-corrected chi connectivity index (χ2v) is 5.51. The Balaban J connectivity index is 1.96. The molecule has 0 bridgehead atoms. The molecular weight excluding hydrogens is 220 g/mol. The fourth-order valence-electron chi connectivity index (χ4n) is 3.03. The van der Waals surface area contributed by atoms with Crippen molar-refractivity contribution in [3.8, 4) is 0 Å². The Morgan fingerprint density at radius 1 is 1.22 bits per heavy atom. The monoisotopic (exact) mass is 246 g/mol. The van der Waals surface area contributed by atoms with Gasteiger partial charge in [-0.05, 0) is 31.4 Å². The Labute approximate surface area is 111 Å². The molecule has 0 radical (unpaired) electrons. The van der Waals surface area contributed by atoms with Gasteiger partial charge in [0, 0.05) is 25.2 Å². The Kier molecular flexibility index (Phi) is 4.79. The van der Waals surface area contributed by atoms with E-state index in [2.05, 4.69) is 61.3 Å². The number of benzene rings is 1. The molecule has 3 unspecified atom stereocenters. The molecule has 1 aliphatic rings. The van der Waals surface area contributed by atoms with E-state index in [-0.39, 0.29) is 0 Å². The fraction of sp³-hybridized carbons (Fsp3) is 0.625. The molecule has 18 heavy (non-hydrogen) atoms. The average molecular weight is 246 g/mol. The minimum atomic E-state index is 0.656. The summed E-state index contributed by atoms with van der Waals surface area (Å²) in [4.78, 5) is 2.62. The van der Waals surface area contributed by atoms with Gasteiger partial charge in [-0.3, -0.25) is 4.90 Å². The first kappa shape index (κ1) is 13.6. The van der Waals surface area contributed by atoms with Crippen molar-refractivity contribution in [2.45, 2.75) is 45.8 Å². The molecule has 0 spiro atoms. The SMILES string of the molecule is CCNC1CCN(Cc2ccccc2)C(C)C1C. The van der Waals surface area contributed by atoms with Gasteiger partial charge in [-0.25, -0.2) is 0 Å². The van der Waals surface area contributed by atoms with Crippen molar-refractivity contribution < 1.29 is 0 Å². The maximum atomic E-state index is 3.62. The molecule has 3 atom stereocenters. The lowest BCUT2D eigenvalue weighted by atomic mass is 9.86. The molecule has 100 valence electrons. The first-order valence-electron chi connectivity index (χ1n) is 7.23. The molecule has 0 amide bonds. The summed E-state index contributed by atoms with van der Waals surface area (Å²) in [5.41, 5.74) is 1.43. The molecule has 1 aliphatic heterocycles. The van der Waals surface area contributed by atoms with Crippen molar-refractivity contribution >= 4 is 0 Å². The third kappa shape index (κ3) is 3.12. The maximum absolute atomic E-state index is 3.62. The number of likely N-dealkylation sites (tertiary alicyclic amines) is 1. The number of rotatable bonds is 4. The minimum absolute atomic E-state index is 0.656. The van der Waals surface area contributed by atoms with Gasteiger partial charge in [0.2, 0.25) is 0 Å². The van der Waals surface area contributed by atoms with Crippen LogP contribution < -0.4 is 5.32 Å². The van der Waals surface area contributed by atoms with Crippen molar-refractivity contribution in [3.63, 3.8) is 0 Å². The maximum Gasteiger partial charge on any atom is 0.0236 e. The summed E-state index contributed by atoms with van der Waals surface area (Å²) in [6, 6.07) is 12.2. The second kappa shape index (κ2) is 6.35. The normalized spacial score (nSPS) is 29.4. The van der Waals surface area contributed by atoms with Crippen molar-refractivity contribution in [3.05, 3.63) is 35.9 Å². The van der Waals surface area contributed by atoms with Crippen LogP contribution in [-0.2, 0) is 6.54 Å². The highest BCUT2D eigenvalue weighted by atomic mass is 15.2.